The summed E-state index contributed by atoms with van der Waals surface area (Å²) in [6.07, 6.45) is 0. The number of aryl methyl sites for hydroxylation is 2. The van der Waals surface area contributed by atoms with E-state index in [4.69, 9.17) is 4.74 Å². The molecule has 0 saturated carbocycles. The molecular formula is C17H18FNO3S. The molecule has 0 fully saturated rings. The molecule has 1 aromatic carbocycles. The molecule has 2 aromatic rings. The Bertz CT molecular complexity index is 767. The van der Waals surface area contributed by atoms with Crippen molar-refractivity contribution in [3.63, 3.8) is 0 Å². The molecule has 1 N–H and O–H groups in total. The van der Waals surface area contributed by atoms with Crippen LogP contribution in [0.2, 0.25) is 0 Å². The second kappa shape index (κ2) is 6.91. The Morgan fingerprint density at radius 2 is 1.96 bits per heavy atom. The molecule has 6 heteroatoms. The smallest absolute Gasteiger partial charge is 0.341 e. The third kappa shape index (κ3) is 3.59. The number of nitrogens with one attached hydrogen (secondary N) is 1. The summed E-state index contributed by atoms with van der Waals surface area (Å²) in [4.78, 5) is 25.3. The third-order valence-electron chi connectivity index (χ3n) is 3.53. The first kappa shape index (κ1) is 17.1. The van der Waals surface area contributed by atoms with Crippen molar-refractivity contribution >= 4 is 28.2 Å². The Kier molecular flexibility index (Phi) is 5.15. The Hall–Kier alpha value is -2.21. The lowest BCUT2D eigenvalue weighted by atomic mass is 10.1. The number of carbonyl (C=O) groups is 2. The van der Waals surface area contributed by atoms with Crippen LogP contribution in [0.4, 0.5) is 9.39 Å². The van der Waals surface area contributed by atoms with Crippen LogP contribution < -0.4 is 5.32 Å². The Morgan fingerprint density at radius 3 is 2.57 bits per heavy atom. The first-order valence-corrected chi connectivity index (χ1v) is 8.01. The van der Waals surface area contributed by atoms with E-state index in [-0.39, 0.29) is 12.2 Å². The van der Waals surface area contributed by atoms with E-state index in [0.29, 0.717) is 16.1 Å². The Balaban J connectivity index is 2.32. The van der Waals surface area contributed by atoms with Gasteiger partial charge in [0.15, 0.2) is 0 Å². The van der Waals surface area contributed by atoms with Crippen molar-refractivity contribution in [1.29, 1.82) is 0 Å². The number of rotatable bonds is 4. The number of anilines is 1. The van der Waals surface area contributed by atoms with Crippen LogP contribution in [0.3, 0.4) is 0 Å². The number of carbonyl (C=O) groups excluding carboxylic acids is 2. The van der Waals surface area contributed by atoms with Crippen LogP contribution in [-0.2, 0) is 4.74 Å². The van der Waals surface area contributed by atoms with Gasteiger partial charge < -0.3 is 10.1 Å². The maximum atomic E-state index is 13.6. The first-order valence-electron chi connectivity index (χ1n) is 7.19. The van der Waals surface area contributed by atoms with E-state index < -0.39 is 17.7 Å². The summed E-state index contributed by atoms with van der Waals surface area (Å²) in [5.74, 6) is -1.38. The van der Waals surface area contributed by atoms with E-state index in [1.54, 1.807) is 32.9 Å². The number of hydrogen-bond donors (Lipinski definition) is 1. The van der Waals surface area contributed by atoms with Gasteiger partial charge in [-0.2, -0.15) is 0 Å². The van der Waals surface area contributed by atoms with Crippen molar-refractivity contribution in [2.45, 2.75) is 27.7 Å². The second-order valence-corrected chi connectivity index (χ2v) is 6.35. The van der Waals surface area contributed by atoms with Crippen LogP contribution >= 0.6 is 11.3 Å². The number of hydrogen-bond acceptors (Lipinski definition) is 4. The molecule has 0 aliphatic rings. The maximum absolute atomic E-state index is 13.6. The van der Waals surface area contributed by atoms with Gasteiger partial charge in [-0.3, -0.25) is 4.79 Å². The zero-order valence-corrected chi connectivity index (χ0v) is 14.3. The lowest BCUT2D eigenvalue weighted by molar-refractivity contribution is 0.0527. The number of benzene rings is 1. The van der Waals surface area contributed by atoms with Crippen LogP contribution in [0.5, 0.6) is 0 Å². The fraction of sp³-hybridized carbons (Fsp3) is 0.294. The van der Waals surface area contributed by atoms with Gasteiger partial charge in [0, 0.05) is 10.4 Å². The quantitative estimate of drug-likeness (QED) is 0.850. The molecule has 122 valence electrons. The van der Waals surface area contributed by atoms with Gasteiger partial charge in [-0.15, -0.1) is 11.3 Å². The minimum absolute atomic E-state index is 0.201. The topological polar surface area (TPSA) is 55.4 Å². The average Bonchev–Trinajstić information content (AvgIpc) is 2.76. The fourth-order valence-corrected chi connectivity index (χ4v) is 3.12. The van der Waals surface area contributed by atoms with Crippen LogP contribution in [-0.4, -0.2) is 18.5 Å². The molecule has 1 heterocycles. The first-order chi connectivity index (χ1) is 10.8. The van der Waals surface area contributed by atoms with Crippen molar-refractivity contribution in [2.24, 2.45) is 0 Å². The number of esters is 1. The fourth-order valence-electron chi connectivity index (χ4n) is 2.07. The normalized spacial score (nSPS) is 10.5. The predicted octanol–water partition coefficient (Wildman–Crippen LogP) is 4.24. The zero-order valence-electron chi connectivity index (χ0n) is 13.5. The Labute approximate surface area is 138 Å². The van der Waals surface area contributed by atoms with E-state index in [2.05, 4.69) is 5.32 Å². The zero-order chi connectivity index (χ0) is 17.1. The molecule has 0 radical (unpaired) electrons. The molecule has 1 aromatic heterocycles. The molecule has 2 rings (SSSR count). The van der Waals surface area contributed by atoms with Crippen molar-refractivity contribution < 1.29 is 18.7 Å². The van der Waals surface area contributed by atoms with Gasteiger partial charge in [0.2, 0.25) is 0 Å². The van der Waals surface area contributed by atoms with E-state index in [1.807, 2.05) is 6.92 Å². The highest BCUT2D eigenvalue weighted by molar-refractivity contribution is 7.16. The summed E-state index contributed by atoms with van der Waals surface area (Å²) in [5.41, 5.74) is 1.80. The maximum Gasteiger partial charge on any atom is 0.341 e. The van der Waals surface area contributed by atoms with E-state index in [1.165, 1.54) is 17.4 Å². The summed E-state index contributed by atoms with van der Waals surface area (Å²) in [6, 6.07) is 4.27. The van der Waals surface area contributed by atoms with Crippen LogP contribution in [0.1, 0.15) is 43.6 Å². The van der Waals surface area contributed by atoms with E-state index >= 15 is 0 Å². The summed E-state index contributed by atoms with van der Waals surface area (Å²) >= 11 is 1.30. The molecular weight excluding hydrogens is 317 g/mol. The summed E-state index contributed by atoms with van der Waals surface area (Å²) in [7, 11) is 0. The van der Waals surface area contributed by atoms with Gasteiger partial charge in [-0.1, -0.05) is 6.07 Å². The van der Waals surface area contributed by atoms with E-state index in [0.717, 1.165) is 10.4 Å². The second-order valence-electron chi connectivity index (χ2n) is 5.13. The SMILES string of the molecule is CCOC(=O)c1c(NC(=O)c2ccc(C)c(F)c2)sc(C)c1C. The number of halogens is 1. The number of ether oxygens (including phenoxy) is 1. The van der Waals surface area contributed by atoms with Gasteiger partial charge >= 0.3 is 5.97 Å². The molecule has 0 saturated heterocycles. The lowest BCUT2D eigenvalue weighted by Crippen LogP contribution is -2.15. The molecule has 1 amide bonds. The lowest BCUT2D eigenvalue weighted by Gasteiger charge is -2.08. The van der Waals surface area contributed by atoms with Gasteiger partial charge in [0.25, 0.3) is 5.91 Å². The summed E-state index contributed by atoms with van der Waals surface area (Å²) in [5, 5.41) is 3.11. The largest absolute Gasteiger partial charge is 0.462 e. The molecule has 0 spiro atoms. The van der Waals surface area contributed by atoms with Gasteiger partial charge in [0.1, 0.15) is 10.8 Å². The van der Waals surface area contributed by atoms with Gasteiger partial charge in [-0.25, -0.2) is 9.18 Å². The highest BCUT2D eigenvalue weighted by Crippen LogP contribution is 2.33. The van der Waals surface area contributed by atoms with Gasteiger partial charge in [-0.05, 0) is 51.0 Å². The monoisotopic (exact) mass is 335 g/mol. The molecule has 0 unspecified atom stereocenters. The molecule has 0 atom stereocenters. The molecule has 0 aliphatic carbocycles. The van der Waals surface area contributed by atoms with Crippen molar-refractivity contribution in [3.05, 3.63) is 51.1 Å². The molecule has 23 heavy (non-hydrogen) atoms. The summed E-state index contributed by atoms with van der Waals surface area (Å²) < 4.78 is 18.6. The predicted molar refractivity (Wildman–Crippen MR) is 88.8 cm³/mol. The van der Waals surface area contributed by atoms with Crippen LogP contribution in [0, 0.1) is 26.6 Å². The van der Waals surface area contributed by atoms with Crippen molar-refractivity contribution in [3.8, 4) is 0 Å². The Morgan fingerprint density at radius 1 is 1.26 bits per heavy atom. The van der Waals surface area contributed by atoms with Gasteiger partial charge in [0.05, 0.1) is 12.2 Å². The van der Waals surface area contributed by atoms with Crippen molar-refractivity contribution in [1.82, 2.24) is 0 Å². The minimum Gasteiger partial charge on any atom is -0.462 e. The van der Waals surface area contributed by atoms with Crippen LogP contribution in [0.15, 0.2) is 18.2 Å². The molecule has 0 aliphatic heterocycles. The highest BCUT2D eigenvalue weighted by atomic mass is 32.1. The molecule has 0 bridgehead atoms. The number of amides is 1. The van der Waals surface area contributed by atoms with Crippen LogP contribution in [0.25, 0.3) is 0 Å². The number of thiophene rings is 1. The van der Waals surface area contributed by atoms with E-state index in [9.17, 15) is 14.0 Å². The highest BCUT2D eigenvalue weighted by Gasteiger charge is 2.22. The molecule has 4 nitrogen and oxygen atoms in total. The summed E-state index contributed by atoms with van der Waals surface area (Å²) in [6.45, 7) is 7.27. The third-order valence-corrected chi connectivity index (χ3v) is 4.65. The van der Waals surface area contributed by atoms with Crippen molar-refractivity contribution in [2.75, 3.05) is 11.9 Å². The average molecular weight is 335 g/mol. The standard InChI is InChI=1S/C17H18FNO3S/c1-5-22-17(21)14-10(3)11(4)23-16(14)19-15(20)12-7-6-9(2)13(18)8-12/h6-8H,5H2,1-4H3,(H,19,20). The minimum atomic E-state index is -0.472.